The molecule has 0 aliphatic carbocycles. The van der Waals surface area contributed by atoms with Crippen molar-refractivity contribution < 1.29 is 0 Å². The van der Waals surface area contributed by atoms with Crippen LogP contribution >= 0.6 is 0 Å². The lowest BCUT2D eigenvalue weighted by atomic mass is 10.6. The van der Waals surface area contributed by atoms with E-state index in [9.17, 15) is 0 Å². The minimum Gasteiger partial charge on any atom is -0.0656 e. The molecule has 0 fully saturated rings. The maximum Gasteiger partial charge on any atom is 0 e. The Labute approximate surface area is 38.3 Å². The summed E-state index contributed by atoms with van der Waals surface area (Å²) in [6, 6.07) is 0. The molecular weight excluding hydrogens is 63.0 g/mol. The van der Waals surface area contributed by atoms with Crippen LogP contribution in [0.5, 0.6) is 0 Å². The lowest BCUT2D eigenvalue weighted by Gasteiger charge is -1.48. The van der Waals surface area contributed by atoms with E-state index in [0.717, 1.165) is 0 Å². The summed E-state index contributed by atoms with van der Waals surface area (Å²) in [5.74, 6) is 0. The average molecular weight is 71.1 g/mol. The van der Waals surface area contributed by atoms with Crippen LogP contribution in [-0.2, 0) is 0 Å². The first-order valence-electron chi connectivity index (χ1n) is 1.41. The summed E-state index contributed by atoms with van der Waals surface area (Å²) < 4.78 is 0. The quantitative estimate of drug-likeness (QED) is 0.374. The summed E-state index contributed by atoms with van der Waals surface area (Å²) >= 11 is 0. The Morgan fingerprint density at radius 1 is 1.25 bits per heavy atom. The Kier molecular flexibility index (Phi) is 21.3. The summed E-state index contributed by atoms with van der Waals surface area (Å²) in [4.78, 5) is 0. The SMILES string of the molecule is CCC.[Al]. The van der Waals surface area contributed by atoms with E-state index in [2.05, 4.69) is 13.8 Å². The van der Waals surface area contributed by atoms with Gasteiger partial charge in [0.05, 0.1) is 0 Å². The van der Waals surface area contributed by atoms with Gasteiger partial charge in [0, 0.05) is 17.4 Å². The summed E-state index contributed by atoms with van der Waals surface area (Å²) in [6.45, 7) is 4.25. The molecule has 0 atom stereocenters. The van der Waals surface area contributed by atoms with Gasteiger partial charge in [-0.2, -0.15) is 0 Å². The predicted molar refractivity (Wildman–Crippen MR) is 21.7 cm³/mol. The third-order valence-electron chi connectivity index (χ3n) is 0. The van der Waals surface area contributed by atoms with Gasteiger partial charge in [-0.25, -0.2) is 0 Å². The minimum absolute atomic E-state index is 0. The fourth-order valence-corrected chi connectivity index (χ4v) is 0. The molecular formula is C3H8Al. The highest BCUT2D eigenvalue weighted by Crippen LogP contribution is 1.56. The molecule has 0 aromatic rings. The normalized spacial score (nSPS) is 4.50. The van der Waals surface area contributed by atoms with E-state index in [4.69, 9.17) is 0 Å². The zero-order valence-electron chi connectivity index (χ0n) is 3.28. The van der Waals surface area contributed by atoms with E-state index >= 15 is 0 Å². The van der Waals surface area contributed by atoms with Gasteiger partial charge in [-0.3, -0.25) is 0 Å². The maximum atomic E-state index is 2.12. The predicted octanol–water partition coefficient (Wildman–Crippen LogP) is 1.04. The van der Waals surface area contributed by atoms with Crippen LogP contribution in [0, 0.1) is 0 Å². The molecule has 0 rings (SSSR count). The molecule has 0 N–H and O–H groups in total. The molecule has 0 aliphatic rings. The second kappa shape index (κ2) is 9.65. The Morgan fingerprint density at radius 3 is 1.25 bits per heavy atom. The zero-order chi connectivity index (χ0) is 2.71. The molecule has 0 saturated heterocycles. The van der Waals surface area contributed by atoms with Crippen molar-refractivity contribution >= 4 is 17.4 Å². The molecule has 0 aromatic carbocycles. The van der Waals surface area contributed by atoms with Gasteiger partial charge in [0.1, 0.15) is 0 Å². The monoisotopic (exact) mass is 71.0 g/mol. The molecule has 0 saturated carbocycles. The average Bonchev–Trinajstić information content (AvgIpc) is 0.918. The fourth-order valence-electron chi connectivity index (χ4n) is 0. The van der Waals surface area contributed by atoms with Gasteiger partial charge in [-0.1, -0.05) is 20.3 Å². The third kappa shape index (κ3) is 21.0. The molecule has 23 valence electrons. The second-order valence-corrected chi connectivity index (χ2v) is 0.707. The summed E-state index contributed by atoms with van der Waals surface area (Å²) in [7, 11) is 0. The molecule has 1 heteroatoms. The molecule has 4 heavy (non-hydrogen) atoms. The lowest BCUT2D eigenvalue weighted by Crippen LogP contribution is -1.27. The molecule has 0 amide bonds. The lowest BCUT2D eigenvalue weighted by molar-refractivity contribution is 1.09. The van der Waals surface area contributed by atoms with Crippen LogP contribution in [0.25, 0.3) is 0 Å². The van der Waals surface area contributed by atoms with Crippen molar-refractivity contribution in [3.63, 3.8) is 0 Å². The molecule has 0 unspecified atom stereocenters. The van der Waals surface area contributed by atoms with Crippen molar-refractivity contribution in [1.29, 1.82) is 0 Å². The number of rotatable bonds is 0. The van der Waals surface area contributed by atoms with E-state index in [1.807, 2.05) is 0 Å². The van der Waals surface area contributed by atoms with Crippen molar-refractivity contribution in [2.75, 3.05) is 0 Å². The number of hydrogen-bond donors (Lipinski definition) is 0. The first-order chi connectivity index (χ1) is 1.41. The highest BCUT2D eigenvalue weighted by atomic mass is 27.0. The molecule has 0 heterocycles. The largest absolute Gasteiger partial charge is 0.0656 e. The van der Waals surface area contributed by atoms with E-state index < -0.39 is 0 Å². The Morgan fingerprint density at radius 2 is 1.25 bits per heavy atom. The van der Waals surface area contributed by atoms with Crippen molar-refractivity contribution in [3.8, 4) is 0 Å². The Hall–Kier alpha value is 0.532. The third-order valence-corrected chi connectivity index (χ3v) is 0. The first kappa shape index (κ1) is 8.82. The summed E-state index contributed by atoms with van der Waals surface area (Å²) in [5.41, 5.74) is 0. The topological polar surface area (TPSA) is 0 Å². The number of hydrogen-bond acceptors (Lipinski definition) is 0. The standard InChI is InChI=1S/C3H8.Al/c1-3-2;/h3H2,1-2H3;. The smallest absolute Gasteiger partial charge is 0 e. The van der Waals surface area contributed by atoms with E-state index in [1.54, 1.807) is 0 Å². The van der Waals surface area contributed by atoms with Crippen LogP contribution in [0.1, 0.15) is 20.3 Å². The fraction of sp³-hybridized carbons (Fsp3) is 1.00. The summed E-state index contributed by atoms with van der Waals surface area (Å²) in [5, 5.41) is 0. The van der Waals surface area contributed by atoms with E-state index in [-0.39, 0.29) is 17.4 Å². The molecule has 0 aliphatic heterocycles. The highest BCUT2D eigenvalue weighted by Gasteiger charge is 1.35. The van der Waals surface area contributed by atoms with E-state index in [1.165, 1.54) is 6.42 Å². The molecule has 0 nitrogen and oxygen atoms in total. The van der Waals surface area contributed by atoms with Gasteiger partial charge in [0.25, 0.3) is 0 Å². The van der Waals surface area contributed by atoms with Gasteiger partial charge >= 0.3 is 0 Å². The molecule has 3 radical (unpaired) electrons. The van der Waals surface area contributed by atoms with Crippen molar-refractivity contribution in [2.45, 2.75) is 20.3 Å². The van der Waals surface area contributed by atoms with E-state index in [0.29, 0.717) is 0 Å². The Balaban J connectivity index is 0. The van der Waals surface area contributed by atoms with Crippen LogP contribution in [0.4, 0.5) is 0 Å². The highest BCUT2D eigenvalue weighted by molar-refractivity contribution is 5.75. The molecule has 0 spiro atoms. The molecule has 0 aromatic heterocycles. The van der Waals surface area contributed by atoms with Gasteiger partial charge < -0.3 is 0 Å². The van der Waals surface area contributed by atoms with Crippen molar-refractivity contribution in [1.82, 2.24) is 0 Å². The van der Waals surface area contributed by atoms with Gasteiger partial charge in [0.15, 0.2) is 0 Å². The van der Waals surface area contributed by atoms with Crippen LogP contribution in [0.2, 0.25) is 0 Å². The van der Waals surface area contributed by atoms with Crippen LogP contribution in [0.15, 0.2) is 0 Å². The minimum atomic E-state index is 0. The van der Waals surface area contributed by atoms with Crippen molar-refractivity contribution in [2.24, 2.45) is 0 Å². The van der Waals surface area contributed by atoms with Crippen LogP contribution in [-0.4, -0.2) is 17.4 Å². The van der Waals surface area contributed by atoms with Crippen LogP contribution in [0.3, 0.4) is 0 Å². The molecule has 0 bridgehead atoms. The van der Waals surface area contributed by atoms with Crippen molar-refractivity contribution in [3.05, 3.63) is 0 Å². The van der Waals surface area contributed by atoms with Crippen LogP contribution < -0.4 is 0 Å². The zero-order valence-corrected chi connectivity index (χ0v) is 4.44. The first-order valence-corrected chi connectivity index (χ1v) is 1.41. The van der Waals surface area contributed by atoms with Gasteiger partial charge in [0.2, 0.25) is 0 Å². The Bertz CT molecular complexity index is 3.25. The second-order valence-electron chi connectivity index (χ2n) is 0.707. The van der Waals surface area contributed by atoms with Gasteiger partial charge in [-0.15, -0.1) is 0 Å². The summed E-state index contributed by atoms with van der Waals surface area (Å²) in [6.07, 6.45) is 1.25. The maximum absolute atomic E-state index is 2.12. The van der Waals surface area contributed by atoms with Gasteiger partial charge in [-0.05, 0) is 0 Å².